The van der Waals surface area contributed by atoms with Crippen LogP contribution in [0.25, 0.3) is 0 Å². The molecule has 2 aromatic carbocycles. The highest BCUT2D eigenvalue weighted by Gasteiger charge is 2.42. The highest BCUT2D eigenvalue weighted by atomic mass is 32.2. The van der Waals surface area contributed by atoms with Crippen molar-refractivity contribution in [3.8, 4) is 0 Å². The zero-order chi connectivity index (χ0) is 33.1. The van der Waals surface area contributed by atoms with E-state index in [1.165, 1.54) is 17.0 Å². The minimum atomic E-state index is -3.97. The van der Waals surface area contributed by atoms with Crippen LogP contribution < -0.4 is 11.1 Å². The minimum absolute atomic E-state index is 0.0115. The van der Waals surface area contributed by atoms with E-state index in [9.17, 15) is 32.7 Å². The van der Waals surface area contributed by atoms with Crippen LogP contribution in [-0.2, 0) is 40.3 Å². The third-order valence-corrected chi connectivity index (χ3v) is 9.42. The van der Waals surface area contributed by atoms with Crippen LogP contribution in [0.4, 0.5) is 10.5 Å². The van der Waals surface area contributed by atoms with Crippen LogP contribution in [0.2, 0.25) is 0 Å². The average Bonchev–Trinajstić information content (AvgIpc) is 3.61. The van der Waals surface area contributed by atoms with E-state index in [2.05, 4.69) is 5.32 Å². The lowest BCUT2D eigenvalue weighted by atomic mass is 10.1. The highest BCUT2D eigenvalue weighted by molar-refractivity contribution is 7.89. The molecule has 0 spiro atoms. The number of anilines is 1. The number of β-amino-alcohol motifs (C(OH)–C–C–N with tert-alkyl or cyclic N) is 1. The van der Waals surface area contributed by atoms with Crippen molar-refractivity contribution in [3.05, 3.63) is 59.7 Å². The summed E-state index contributed by atoms with van der Waals surface area (Å²) >= 11 is 0. The van der Waals surface area contributed by atoms with Gasteiger partial charge >= 0.3 is 18.0 Å². The summed E-state index contributed by atoms with van der Waals surface area (Å²) in [7, 11) is -3.97. The van der Waals surface area contributed by atoms with Crippen molar-refractivity contribution in [2.24, 2.45) is 5.73 Å². The summed E-state index contributed by atoms with van der Waals surface area (Å²) in [5.74, 6) is -2.45. The predicted molar refractivity (Wildman–Crippen MR) is 163 cm³/mol. The number of nitrogens with zero attached hydrogens (tertiary/aromatic N) is 2. The van der Waals surface area contributed by atoms with Crippen LogP contribution in [0, 0.1) is 6.92 Å². The maximum atomic E-state index is 13.1. The molecule has 2 heterocycles. The number of aliphatic hydroxyl groups excluding tert-OH is 1. The second-order valence-electron chi connectivity index (χ2n) is 12.4. The zero-order valence-electron chi connectivity index (χ0n) is 25.8. The standard InChI is InChI=1S/C31H40N4O9S/c1-19-7-13-23(14-8-19)45(41,42)35-15-5-6-25(35)29(39)43-28(38)24(32)16-20-9-11-21(12-10-20)33-27(37)26-17-22(36)18-34(26)30(40)44-31(2,3)4/h7-14,22,24-26,36H,5-6,15-18,32H2,1-4H3,(H,33,37)/t22?,24-,25+,26-/m0/s1. The van der Waals surface area contributed by atoms with Gasteiger partial charge in [0.05, 0.1) is 17.5 Å². The summed E-state index contributed by atoms with van der Waals surface area (Å²) in [4.78, 5) is 52.3. The molecule has 2 saturated heterocycles. The van der Waals surface area contributed by atoms with Crippen LogP contribution in [0.3, 0.4) is 0 Å². The normalized spacial score (nSPS) is 21.3. The Bertz CT molecular complexity index is 1520. The molecular weight excluding hydrogens is 604 g/mol. The first kappa shape index (κ1) is 34.0. The molecule has 4 N–H and O–H groups in total. The summed E-state index contributed by atoms with van der Waals surface area (Å²) < 4.78 is 37.7. The van der Waals surface area contributed by atoms with Gasteiger partial charge in [-0.2, -0.15) is 4.31 Å². The van der Waals surface area contributed by atoms with E-state index in [4.69, 9.17) is 15.2 Å². The monoisotopic (exact) mass is 644 g/mol. The van der Waals surface area contributed by atoms with Crippen molar-refractivity contribution in [1.29, 1.82) is 0 Å². The number of hydrogen-bond donors (Lipinski definition) is 3. The SMILES string of the molecule is Cc1ccc(S(=O)(=O)N2CCC[C@@H]2C(=O)OC(=O)[C@@H](N)Cc2ccc(NC(=O)[C@@H]3CC(O)CN3C(=O)OC(C)(C)C)cc2)cc1. The average molecular weight is 645 g/mol. The Labute approximate surface area is 262 Å². The number of hydrogen-bond acceptors (Lipinski definition) is 10. The summed E-state index contributed by atoms with van der Waals surface area (Å²) in [6.07, 6.45) is -0.823. The van der Waals surface area contributed by atoms with Gasteiger partial charge < -0.3 is 25.6 Å². The Morgan fingerprint density at radius 1 is 1.04 bits per heavy atom. The second-order valence-corrected chi connectivity index (χ2v) is 14.3. The van der Waals surface area contributed by atoms with E-state index in [0.717, 1.165) is 9.87 Å². The summed E-state index contributed by atoms with van der Waals surface area (Å²) in [6.45, 7) is 7.06. The zero-order valence-corrected chi connectivity index (χ0v) is 26.6. The number of ether oxygens (including phenoxy) is 2. The Hall–Kier alpha value is -3.85. The Morgan fingerprint density at radius 2 is 1.69 bits per heavy atom. The van der Waals surface area contributed by atoms with Gasteiger partial charge in [0.15, 0.2) is 0 Å². The highest BCUT2D eigenvalue weighted by Crippen LogP contribution is 2.27. The molecule has 2 fully saturated rings. The number of benzene rings is 2. The molecular formula is C31H40N4O9S. The van der Waals surface area contributed by atoms with Gasteiger partial charge in [0.25, 0.3) is 0 Å². The van der Waals surface area contributed by atoms with Gasteiger partial charge in [0.2, 0.25) is 15.9 Å². The van der Waals surface area contributed by atoms with Crippen molar-refractivity contribution >= 4 is 39.6 Å². The molecule has 2 aliphatic heterocycles. The number of carbonyl (C=O) groups excluding carboxylic acids is 4. The van der Waals surface area contributed by atoms with E-state index in [-0.39, 0.29) is 37.2 Å². The van der Waals surface area contributed by atoms with E-state index in [1.807, 2.05) is 6.92 Å². The van der Waals surface area contributed by atoms with Gasteiger partial charge in [-0.15, -0.1) is 0 Å². The smallest absolute Gasteiger partial charge is 0.411 e. The van der Waals surface area contributed by atoms with Gasteiger partial charge in [-0.25, -0.2) is 22.8 Å². The molecule has 2 aliphatic rings. The molecule has 0 radical (unpaired) electrons. The van der Waals surface area contributed by atoms with Crippen LogP contribution in [-0.4, -0.2) is 89.6 Å². The molecule has 45 heavy (non-hydrogen) atoms. The molecule has 13 nitrogen and oxygen atoms in total. The Balaban J connectivity index is 1.31. The lowest BCUT2D eigenvalue weighted by molar-refractivity contribution is -0.162. The third-order valence-electron chi connectivity index (χ3n) is 7.49. The first-order valence-electron chi connectivity index (χ1n) is 14.7. The molecule has 2 aromatic rings. The Morgan fingerprint density at radius 3 is 2.31 bits per heavy atom. The number of carbonyl (C=O) groups is 4. The lowest BCUT2D eigenvalue weighted by Crippen LogP contribution is -2.45. The fourth-order valence-corrected chi connectivity index (χ4v) is 6.87. The molecule has 1 unspecified atom stereocenters. The molecule has 2 amide bonds. The molecule has 4 atom stereocenters. The quantitative estimate of drug-likeness (QED) is 0.284. The topological polar surface area (TPSA) is 186 Å². The first-order valence-corrected chi connectivity index (χ1v) is 16.2. The van der Waals surface area contributed by atoms with Crippen LogP contribution >= 0.6 is 0 Å². The molecule has 0 saturated carbocycles. The number of nitrogens with one attached hydrogen (secondary N) is 1. The van der Waals surface area contributed by atoms with Crippen LogP contribution in [0.15, 0.2) is 53.4 Å². The number of esters is 2. The summed E-state index contributed by atoms with van der Waals surface area (Å²) in [5, 5.41) is 12.8. The maximum Gasteiger partial charge on any atom is 0.411 e. The van der Waals surface area contributed by atoms with Gasteiger partial charge in [-0.05, 0) is 76.8 Å². The van der Waals surface area contributed by atoms with E-state index in [0.29, 0.717) is 17.7 Å². The lowest BCUT2D eigenvalue weighted by Gasteiger charge is -2.27. The van der Waals surface area contributed by atoms with Crippen LogP contribution in [0.1, 0.15) is 51.2 Å². The van der Waals surface area contributed by atoms with Gasteiger partial charge in [0, 0.05) is 18.7 Å². The van der Waals surface area contributed by atoms with E-state index < -0.39 is 63.8 Å². The number of sulfonamides is 1. The number of amides is 2. The van der Waals surface area contributed by atoms with Gasteiger partial charge in [-0.1, -0.05) is 29.8 Å². The number of likely N-dealkylation sites (tertiary alicyclic amines) is 1. The molecule has 0 bridgehead atoms. The van der Waals surface area contributed by atoms with E-state index >= 15 is 0 Å². The fourth-order valence-electron chi connectivity index (χ4n) is 5.22. The molecule has 14 heteroatoms. The summed E-state index contributed by atoms with van der Waals surface area (Å²) in [5.41, 5.74) is 7.18. The number of nitrogens with two attached hydrogens (primary N) is 1. The number of aryl methyl sites for hydroxylation is 1. The molecule has 244 valence electrons. The van der Waals surface area contributed by atoms with Gasteiger partial charge in [0.1, 0.15) is 23.7 Å². The number of aliphatic hydroxyl groups is 1. The maximum absolute atomic E-state index is 13.1. The minimum Gasteiger partial charge on any atom is -0.444 e. The van der Waals surface area contributed by atoms with Crippen molar-refractivity contribution < 1.29 is 42.2 Å². The number of rotatable bonds is 8. The fraction of sp³-hybridized carbons (Fsp3) is 0.484. The summed E-state index contributed by atoms with van der Waals surface area (Å²) in [6, 6.07) is 9.46. The second kappa shape index (κ2) is 13.6. The van der Waals surface area contributed by atoms with E-state index in [1.54, 1.807) is 57.2 Å². The largest absolute Gasteiger partial charge is 0.444 e. The Kier molecular flexibility index (Phi) is 10.3. The molecule has 4 rings (SSSR count). The van der Waals surface area contributed by atoms with Crippen molar-refractivity contribution in [2.75, 3.05) is 18.4 Å². The predicted octanol–water partition coefficient (Wildman–Crippen LogP) is 2.10. The van der Waals surface area contributed by atoms with Gasteiger partial charge in [-0.3, -0.25) is 9.69 Å². The first-order chi connectivity index (χ1) is 21.0. The van der Waals surface area contributed by atoms with Crippen molar-refractivity contribution in [3.63, 3.8) is 0 Å². The molecule has 0 aromatic heterocycles. The van der Waals surface area contributed by atoms with Crippen molar-refractivity contribution in [1.82, 2.24) is 9.21 Å². The molecule has 0 aliphatic carbocycles. The van der Waals surface area contributed by atoms with Crippen molar-refractivity contribution in [2.45, 2.75) is 88.1 Å². The third kappa shape index (κ3) is 8.45. The van der Waals surface area contributed by atoms with Crippen LogP contribution in [0.5, 0.6) is 0 Å².